The van der Waals surface area contributed by atoms with Crippen LogP contribution >= 0.6 is 0 Å². The molecule has 7 heteroatoms. The minimum atomic E-state index is -0.173. The number of benzene rings is 1. The zero-order chi connectivity index (χ0) is 14.5. The summed E-state index contributed by atoms with van der Waals surface area (Å²) >= 11 is 0. The first-order valence-corrected chi connectivity index (χ1v) is 6.17. The van der Waals surface area contributed by atoms with Crippen molar-refractivity contribution < 1.29 is 9.53 Å². The van der Waals surface area contributed by atoms with Crippen LogP contribution in [0.5, 0.6) is 5.75 Å². The highest BCUT2D eigenvalue weighted by Gasteiger charge is 2.14. The maximum atomic E-state index is 11.9. The highest BCUT2D eigenvalue weighted by atomic mass is 16.5. The van der Waals surface area contributed by atoms with Gasteiger partial charge in [-0.15, -0.1) is 5.10 Å². The molecule has 0 aliphatic carbocycles. The van der Waals surface area contributed by atoms with Gasteiger partial charge in [-0.25, -0.2) is 9.67 Å². The van der Waals surface area contributed by atoms with Crippen LogP contribution in [-0.2, 0) is 11.3 Å². The van der Waals surface area contributed by atoms with Gasteiger partial charge in [-0.1, -0.05) is 18.2 Å². The fraction of sp³-hybridized carbons (Fsp3) is 0.308. The van der Waals surface area contributed by atoms with Crippen LogP contribution in [0, 0.1) is 0 Å². The molecule has 0 saturated heterocycles. The van der Waals surface area contributed by atoms with Crippen molar-refractivity contribution in [1.29, 1.82) is 0 Å². The SMILES string of the molecule is COc1ccccc1C(C)NC(=O)Cn1cnc(N)n1. The molecule has 0 spiro atoms. The summed E-state index contributed by atoms with van der Waals surface area (Å²) in [6.45, 7) is 1.97. The molecule has 2 rings (SSSR count). The topological polar surface area (TPSA) is 95.1 Å². The summed E-state index contributed by atoms with van der Waals surface area (Å²) in [5.41, 5.74) is 6.31. The second-order valence-corrected chi connectivity index (χ2v) is 4.33. The van der Waals surface area contributed by atoms with E-state index in [2.05, 4.69) is 15.4 Å². The number of carbonyl (C=O) groups is 1. The monoisotopic (exact) mass is 275 g/mol. The zero-order valence-corrected chi connectivity index (χ0v) is 11.4. The van der Waals surface area contributed by atoms with Crippen molar-refractivity contribution in [3.8, 4) is 5.75 Å². The lowest BCUT2D eigenvalue weighted by Gasteiger charge is -2.17. The number of anilines is 1. The number of aromatic nitrogens is 3. The standard InChI is InChI=1S/C13H17N5O2/c1-9(10-5-3-4-6-11(10)20-2)16-12(19)7-18-8-15-13(14)17-18/h3-6,8-9H,7H2,1-2H3,(H2,14,17)(H,16,19). The van der Waals surface area contributed by atoms with Crippen LogP contribution in [0.1, 0.15) is 18.5 Å². The van der Waals surface area contributed by atoms with Gasteiger partial charge in [0.25, 0.3) is 0 Å². The Kier molecular flexibility index (Phi) is 4.19. The minimum absolute atomic E-state index is 0.0731. The molecule has 1 aromatic heterocycles. The molecule has 0 aliphatic heterocycles. The first-order chi connectivity index (χ1) is 9.60. The summed E-state index contributed by atoms with van der Waals surface area (Å²) in [5, 5.41) is 6.74. The van der Waals surface area contributed by atoms with Crippen molar-refractivity contribution in [1.82, 2.24) is 20.1 Å². The van der Waals surface area contributed by atoms with E-state index in [-0.39, 0.29) is 24.4 Å². The molecule has 1 amide bonds. The number of nitrogens with zero attached hydrogens (tertiary/aromatic N) is 3. The van der Waals surface area contributed by atoms with Crippen molar-refractivity contribution in [2.75, 3.05) is 12.8 Å². The zero-order valence-electron chi connectivity index (χ0n) is 11.4. The van der Waals surface area contributed by atoms with E-state index < -0.39 is 0 Å². The molecule has 1 unspecified atom stereocenters. The van der Waals surface area contributed by atoms with Crippen molar-refractivity contribution in [3.63, 3.8) is 0 Å². The van der Waals surface area contributed by atoms with Gasteiger partial charge in [0, 0.05) is 5.56 Å². The summed E-state index contributed by atoms with van der Waals surface area (Å²) in [6, 6.07) is 7.39. The van der Waals surface area contributed by atoms with E-state index in [1.807, 2.05) is 31.2 Å². The number of nitrogens with one attached hydrogen (secondary N) is 1. The first kappa shape index (κ1) is 13.9. The van der Waals surface area contributed by atoms with Gasteiger partial charge in [-0.3, -0.25) is 4.79 Å². The second kappa shape index (κ2) is 6.05. The summed E-state index contributed by atoms with van der Waals surface area (Å²) in [5.74, 6) is 0.717. The van der Waals surface area contributed by atoms with Gasteiger partial charge < -0.3 is 15.8 Å². The molecule has 2 aromatic rings. The van der Waals surface area contributed by atoms with E-state index >= 15 is 0 Å². The van der Waals surface area contributed by atoms with E-state index in [0.717, 1.165) is 11.3 Å². The Labute approximate surface area is 116 Å². The summed E-state index contributed by atoms with van der Waals surface area (Å²) in [7, 11) is 1.60. The Morgan fingerprint density at radius 2 is 2.25 bits per heavy atom. The highest BCUT2D eigenvalue weighted by Crippen LogP contribution is 2.24. The number of nitrogens with two attached hydrogens (primary N) is 1. The molecule has 106 valence electrons. The predicted molar refractivity (Wildman–Crippen MR) is 74.0 cm³/mol. The first-order valence-electron chi connectivity index (χ1n) is 6.17. The normalized spacial score (nSPS) is 11.9. The maximum Gasteiger partial charge on any atom is 0.242 e. The average Bonchev–Trinajstić information content (AvgIpc) is 2.83. The van der Waals surface area contributed by atoms with Crippen LogP contribution in [0.2, 0.25) is 0 Å². The van der Waals surface area contributed by atoms with Crippen molar-refractivity contribution in [2.45, 2.75) is 19.5 Å². The molecular formula is C13H17N5O2. The smallest absolute Gasteiger partial charge is 0.242 e. The molecule has 20 heavy (non-hydrogen) atoms. The van der Waals surface area contributed by atoms with Crippen LogP contribution < -0.4 is 15.8 Å². The van der Waals surface area contributed by atoms with Crippen molar-refractivity contribution >= 4 is 11.9 Å². The number of methoxy groups -OCH3 is 1. The maximum absolute atomic E-state index is 11.9. The van der Waals surface area contributed by atoms with E-state index in [1.54, 1.807) is 7.11 Å². The van der Waals surface area contributed by atoms with Gasteiger partial charge in [0.2, 0.25) is 11.9 Å². The van der Waals surface area contributed by atoms with E-state index in [4.69, 9.17) is 10.5 Å². The molecule has 3 N–H and O–H groups in total. The third-order valence-corrected chi connectivity index (χ3v) is 2.84. The highest BCUT2D eigenvalue weighted by molar-refractivity contribution is 5.76. The van der Waals surface area contributed by atoms with Gasteiger partial charge in [0.05, 0.1) is 13.2 Å². The van der Waals surface area contributed by atoms with Crippen LogP contribution in [0.25, 0.3) is 0 Å². The summed E-state index contributed by atoms with van der Waals surface area (Å²) < 4.78 is 6.66. The summed E-state index contributed by atoms with van der Waals surface area (Å²) in [6.07, 6.45) is 1.42. The molecule has 0 bridgehead atoms. The number of hydrogen-bond donors (Lipinski definition) is 2. The average molecular weight is 275 g/mol. The molecule has 1 atom stereocenters. The quantitative estimate of drug-likeness (QED) is 0.839. The van der Waals surface area contributed by atoms with Gasteiger partial charge in [0.15, 0.2) is 0 Å². The second-order valence-electron chi connectivity index (χ2n) is 4.33. The fourth-order valence-electron chi connectivity index (χ4n) is 1.92. The van der Waals surface area contributed by atoms with Crippen LogP contribution in [0.4, 0.5) is 5.95 Å². The molecule has 0 fully saturated rings. The van der Waals surface area contributed by atoms with E-state index in [0.29, 0.717) is 0 Å². The third kappa shape index (κ3) is 3.25. The third-order valence-electron chi connectivity index (χ3n) is 2.84. The fourth-order valence-corrected chi connectivity index (χ4v) is 1.92. The van der Waals surface area contributed by atoms with E-state index in [1.165, 1.54) is 11.0 Å². The Balaban J connectivity index is 2.00. The van der Waals surface area contributed by atoms with Gasteiger partial charge in [-0.2, -0.15) is 0 Å². The number of rotatable bonds is 5. The van der Waals surface area contributed by atoms with Crippen LogP contribution in [0.15, 0.2) is 30.6 Å². The predicted octanol–water partition coefficient (Wildman–Crippen LogP) is 0.746. The Bertz CT molecular complexity index is 596. The number of amides is 1. The van der Waals surface area contributed by atoms with Crippen molar-refractivity contribution in [3.05, 3.63) is 36.2 Å². The summed E-state index contributed by atoms with van der Waals surface area (Å²) in [4.78, 5) is 15.7. The molecule has 0 radical (unpaired) electrons. The number of nitrogen functional groups attached to an aromatic ring is 1. The number of para-hydroxylation sites is 1. The Morgan fingerprint density at radius 1 is 1.50 bits per heavy atom. The molecule has 0 saturated carbocycles. The number of hydrogen-bond acceptors (Lipinski definition) is 5. The molecule has 0 aliphatic rings. The number of ether oxygens (including phenoxy) is 1. The lowest BCUT2D eigenvalue weighted by Crippen LogP contribution is -2.30. The van der Waals surface area contributed by atoms with Crippen LogP contribution in [0.3, 0.4) is 0 Å². The molecular weight excluding hydrogens is 258 g/mol. The molecule has 1 heterocycles. The minimum Gasteiger partial charge on any atom is -0.496 e. The van der Waals surface area contributed by atoms with Gasteiger partial charge in [0.1, 0.15) is 18.6 Å². The molecule has 7 nitrogen and oxygen atoms in total. The van der Waals surface area contributed by atoms with E-state index in [9.17, 15) is 4.79 Å². The van der Waals surface area contributed by atoms with Gasteiger partial charge >= 0.3 is 0 Å². The van der Waals surface area contributed by atoms with Crippen LogP contribution in [-0.4, -0.2) is 27.8 Å². The Hall–Kier alpha value is -2.57. The molecule has 1 aromatic carbocycles. The largest absolute Gasteiger partial charge is 0.496 e. The lowest BCUT2D eigenvalue weighted by atomic mass is 10.1. The Morgan fingerprint density at radius 3 is 2.90 bits per heavy atom. The number of carbonyl (C=O) groups excluding carboxylic acids is 1. The lowest BCUT2D eigenvalue weighted by molar-refractivity contribution is -0.122. The van der Waals surface area contributed by atoms with Gasteiger partial charge in [-0.05, 0) is 13.0 Å². The van der Waals surface area contributed by atoms with Crippen molar-refractivity contribution in [2.24, 2.45) is 0 Å².